The maximum atomic E-state index is 12.6. The molecule has 3 rings (SSSR count). The first-order valence-corrected chi connectivity index (χ1v) is 9.16. The number of rotatable bonds is 7. The number of amides is 2. The van der Waals surface area contributed by atoms with Gasteiger partial charge in [-0.25, -0.2) is 0 Å². The van der Waals surface area contributed by atoms with E-state index in [1.165, 1.54) is 5.56 Å². The molecule has 0 aromatic heterocycles. The Bertz CT molecular complexity index is 744. The van der Waals surface area contributed by atoms with Crippen molar-refractivity contribution in [3.8, 4) is 12.3 Å². The number of para-hydroxylation sites is 1. The van der Waals surface area contributed by atoms with Gasteiger partial charge in [0.2, 0.25) is 11.8 Å². The zero-order valence-corrected chi connectivity index (χ0v) is 14.9. The van der Waals surface area contributed by atoms with Crippen molar-refractivity contribution < 1.29 is 9.59 Å². The summed E-state index contributed by atoms with van der Waals surface area (Å²) in [6.07, 6.45) is 10.4. The van der Waals surface area contributed by atoms with Gasteiger partial charge >= 0.3 is 0 Å². The molecule has 0 saturated heterocycles. The van der Waals surface area contributed by atoms with Crippen molar-refractivity contribution in [3.05, 3.63) is 29.8 Å². The van der Waals surface area contributed by atoms with Crippen LogP contribution >= 0.6 is 0 Å². The molecule has 1 N–H and O–H groups in total. The Labute approximate surface area is 154 Å². The largest absolute Gasteiger partial charge is 0.347 e. The Kier molecular flexibility index (Phi) is 5.67. The van der Waals surface area contributed by atoms with Gasteiger partial charge in [-0.15, -0.1) is 12.3 Å². The van der Waals surface area contributed by atoms with Crippen LogP contribution in [-0.2, 0) is 16.0 Å². The number of nitrogens with one attached hydrogen (secondary N) is 1. The molecular formula is C20H24N4O2. The summed E-state index contributed by atoms with van der Waals surface area (Å²) >= 11 is 0. The summed E-state index contributed by atoms with van der Waals surface area (Å²) in [5, 5.41) is 10.8. The lowest BCUT2D eigenvalue weighted by Gasteiger charge is -2.23. The second-order valence-electron chi connectivity index (χ2n) is 6.79. The van der Waals surface area contributed by atoms with Crippen molar-refractivity contribution in [2.75, 3.05) is 18.0 Å². The summed E-state index contributed by atoms with van der Waals surface area (Å²) in [7, 11) is 0. The van der Waals surface area contributed by atoms with Crippen molar-refractivity contribution in [1.82, 2.24) is 5.32 Å². The third-order valence-electron chi connectivity index (χ3n) is 4.90. The van der Waals surface area contributed by atoms with E-state index < -0.39 is 5.66 Å². The number of nitrogens with zero attached hydrogens (tertiary/aromatic N) is 3. The molecule has 0 atom stereocenters. The first kappa shape index (κ1) is 18.1. The van der Waals surface area contributed by atoms with E-state index >= 15 is 0 Å². The molecule has 6 heteroatoms. The monoisotopic (exact) mass is 352 g/mol. The van der Waals surface area contributed by atoms with Crippen molar-refractivity contribution in [3.63, 3.8) is 0 Å². The Morgan fingerprint density at radius 1 is 1.23 bits per heavy atom. The quantitative estimate of drug-likeness (QED) is 0.766. The van der Waals surface area contributed by atoms with Gasteiger partial charge in [0.05, 0.1) is 6.54 Å². The van der Waals surface area contributed by atoms with E-state index in [0.717, 1.165) is 24.9 Å². The molecule has 0 fully saturated rings. The number of benzene rings is 1. The summed E-state index contributed by atoms with van der Waals surface area (Å²) in [6.45, 7) is 0.706. The van der Waals surface area contributed by atoms with Crippen LogP contribution in [0.2, 0.25) is 0 Å². The minimum absolute atomic E-state index is 0.0127. The average molecular weight is 352 g/mol. The van der Waals surface area contributed by atoms with Gasteiger partial charge in [0, 0.05) is 37.9 Å². The van der Waals surface area contributed by atoms with Crippen molar-refractivity contribution in [2.45, 2.75) is 50.6 Å². The predicted octanol–water partition coefficient (Wildman–Crippen LogP) is 2.83. The maximum Gasteiger partial charge on any atom is 0.246 e. The Morgan fingerprint density at radius 3 is 2.81 bits per heavy atom. The van der Waals surface area contributed by atoms with Gasteiger partial charge in [-0.05, 0) is 30.9 Å². The van der Waals surface area contributed by atoms with E-state index in [-0.39, 0.29) is 18.4 Å². The van der Waals surface area contributed by atoms with Crippen LogP contribution in [0.25, 0.3) is 0 Å². The van der Waals surface area contributed by atoms with Gasteiger partial charge in [0.1, 0.15) is 0 Å². The molecular weight excluding hydrogens is 328 g/mol. The average Bonchev–Trinajstić information content (AvgIpc) is 3.46. The van der Waals surface area contributed by atoms with Gasteiger partial charge in [0.15, 0.2) is 5.66 Å². The second-order valence-corrected chi connectivity index (χ2v) is 6.79. The van der Waals surface area contributed by atoms with Gasteiger partial charge < -0.3 is 10.2 Å². The molecule has 2 aliphatic rings. The van der Waals surface area contributed by atoms with Crippen LogP contribution in [0.1, 0.15) is 44.1 Å². The molecule has 136 valence electrons. The summed E-state index contributed by atoms with van der Waals surface area (Å²) in [4.78, 5) is 26.5. The summed E-state index contributed by atoms with van der Waals surface area (Å²) in [5.74, 6) is 2.34. The molecule has 1 aromatic carbocycles. The number of carbonyl (C=O) groups excluding carboxylic acids is 2. The smallest absolute Gasteiger partial charge is 0.246 e. The van der Waals surface area contributed by atoms with E-state index in [1.54, 1.807) is 4.90 Å². The first-order chi connectivity index (χ1) is 12.6. The fourth-order valence-corrected chi connectivity index (χ4v) is 3.29. The third-order valence-corrected chi connectivity index (χ3v) is 4.90. The minimum Gasteiger partial charge on any atom is -0.347 e. The molecule has 0 bridgehead atoms. The van der Waals surface area contributed by atoms with Crippen molar-refractivity contribution in [2.24, 2.45) is 10.2 Å². The summed E-state index contributed by atoms with van der Waals surface area (Å²) in [5.41, 5.74) is 1.70. The molecule has 0 saturated carbocycles. The van der Waals surface area contributed by atoms with Gasteiger partial charge in [-0.3, -0.25) is 9.59 Å². The Hall–Kier alpha value is -2.68. The lowest BCUT2D eigenvalue weighted by atomic mass is 10.0. The molecule has 1 aromatic rings. The molecule has 0 spiro atoms. The van der Waals surface area contributed by atoms with Gasteiger partial charge in [0.25, 0.3) is 0 Å². The van der Waals surface area contributed by atoms with E-state index in [9.17, 15) is 9.59 Å². The van der Waals surface area contributed by atoms with E-state index in [0.29, 0.717) is 32.2 Å². The van der Waals surface area contributed by atoms with Crippen LogP contribution in [-0.4, -0.2) is 30.6 Å². The molecule has 0 unspecified atom stereocenters. The molecule has 2 heterocycles. The second kappa shape index (κ2) is 8.13. The highest BCUT2D eigenvalue weighted by molar-refractivity contribution is 5.97. The number of fused-ring (bicyclic) bond motifs is 1. The molecule has 6 nitrogen and oxygen atoms in total. The lowest BCUT2D eigenvalue weighted by Crippen LogP contribution is -2.41. The molecule has 2 amide bonds. The highest BCUT2D eigenvalue weighted by Crippen LogP contribution is 2.37. The van der Waals surface area contributed by atoms with Crippen LogP contribution in [0.15, 0.2) is 34.5 Å². The van der Waals surface area contributed by atoms with Crippen LogP contribution in [0, 0.1) is 12.3 Å². The standard InChI is InChI=1S/C20H24N4O2/c1-2-3-12-20(22-23-20)13-11-18(25)21-15-19(26)24-14-7-6-9-16-8-4-5-10-17(16)24/h1,4-5,8,10H,3,6-7,9,11-15H2,(H,21,25). The number of hydrogen-bond donors (Lipinski definition) is 1. The Morgan fingerprint density at radius 2 is 2.04 bits per heavy atom. The number of terminal acetylenes is 1. The summed E-state index contributed by atoms with van der Waals surface area (Å²) in [6, 6.07) is 7.99. The normalized spacial score (nSPS) is 17.0. The number of anilines is 1. The predicted molar refractivity (Wildman–Crippen MR) is 99.6 cm³/mol. The minimum atomic E-state index is -0.461. The highest BCUT2D eigenvalue weighted by atomic mass is 16.2. The molecule has 26 heavy (non-hydrogen) atoms. The molecule has 0 aliphatic carbocycles. The van der Waals surface area contributed by atoms with E-state index in [4.69, 9.17) is 6.42 Å². The number of aryl methyl sites for hydroxylation is 1. The van der Waals surface area contributed by atoms with Crippen LogP contribution < -0.4 is 10.2 Å². The number of hydrogen-bond acceptors (Lipinski definition) is 4. The first-order valence-electron chi connectivity index (χ1n) is 9.16. The third kappa shape index (κ3) is 4.48. The molecule has 0 radical (unpaired) electrons. The zero-order valence-electron chi connectivity index (χ0n) is 14.9. The SMILES string of the molecule is C#CCCC1(CCC(=O)NCC(=O)N2CCCCc3ccccc32)N=N1. The topological polar surface area (TPSA) is 74.1 Å². The Balaban J connectivity index is 1.48. The fraction of sp³-hybridized carbons (Fsp3) is 0.500. The van der Waals surface area contributed by atoms with E-state index in [2.05, 4.69) is 27.5 Å². The lowest BCUT2D eigenvalue weighted by molar-refractivity contribution is -0.125. The van der Waals surface area contributed by atoms with Crippen molar-refractivity contribution in [1.29, 1.82) is 0 Å². The maximum absolute atomic E-state index is 12.6. The number of carbonyl (C=O) groups is 2. The highest BCUT2D eigenvalue weighted by Gasteiger charge is 2.39. The molecule has 2 aliphatic heterocycles. The van der Waals surface area contributed by atoms with Gasteiger partial charge in [-0.2, -0.15) is 10.2 Å². The summed E-state index contributed by atoms with van der Waals surface area (Å²) < 4.78 is 0. The van der Waals surface area contributed by atoms with Gasteiger partial charge in [-0.1, -0.05) is 18.2 Å². The van der Waals surface area contributed by atoms with Crippen LogP contribution in [0.5, 0.6) is 0 Å². The fourth-order valence-electron chi connectivity index (χ4n) is 3.29. The van der Waals surface area contributed by atoms with Crippen molar-refractivity contribution >= 4 is 17.5 Å². The van der Waals surface area contributed by atoms with E-state index in [1.807, 2.05) is 18.2 Å². The van der Waals surface area contributed by atoms with Crippen LogP contribution in [0.3, 0.4) is 0 Å². The zero-order chi connectivity index (χ0) is 18.4. The van der Waals surface area contributed by atoms with Crippen LogP contribution in [0.4, 0.5) is 5.69 Å².